The Bertz CT molecular complexity index is 1080. The van der Waals surface area contributed by atoms with Crippen LogP contribution in [0.25, 0.3) is 0 Å². The smallest absolute Gasteiger partial charge is 0.490 e. The maximum atomic E-state index is 6.14. The van der Waals surface area contributed by atoms with Crippen molar-refractivity contribution in [2.45, 2.75) is 19.3 Å². The van der Waals surface area contributed by atoms with E-state index < -0.39 is 7.32 Å². The molecule has 0 saturated heterocycles. The van der Waals surface area contributed by atoms with Crippen LogP contribution in [-0.4, -0.2) is 47.0 Å². The van der Waals surface area contributed by atoms with Crippen LogP contribution in [0.15, 0.2) is 54.6 Å². The van der Waals surface area contributed by atoms with Gasteiger partial charge in [0.05, 0.1) is 39.6 Å². The normalized spacial score (nSPS) is 15.9. The van der Waals surface area contributed by atoms with E-state index in [0.29, 0.717) is 91.4 Å². The van der Waals surface area contributed by atoms with Crippen molar-refractivity contribution in [2.24, 2.45) is 0 Å². The Morgan fingerprint density at radius 1 is 0.405 bits per heavy atom. The van der Waals surface area contributed by atoms with E-state index in [1.54, 1.807) is 36.4 Å². The highest BCUT2D eigenvalue weighted by Crippen LogP contribution is 2.37. The number of ether oxygens (including phenoxy) is 6. The third kappa shape index (κ3) is 5.68. The number of benzene rings is 3. The molecule has 0 spiro atoms. The fourth-order valence-corrected chi connectivity index (χ4v) is 4.06. The molecule has 0 atom stereocenters. The maximum Gasteiger partial charge on any atom is 0.864 e. The average molecular weight is 506 g/mol. The summed E-state index contributed by atoms with van der Waals surface area (Å²) in [4.78, 5) is 0. The third-order valence-electron chi connectivity index (χ3n) is 5.85. The zero-order valence-electron chi connectivity index (χ0n) is 20.3. The molecule has 6 rings (SSSR count). The largest absolute Gasteiger partial charge is 0.864 e. The van der Waals surface area contributed by atoms with E-state index in [1.807, 2.05) is 18.2 Å². The van der Waals surface area contributed by atoms with Crippen molar-refractivity contribution in [1.82, 2.24) is 0 Å². The first-order chi connectivity index (χ1) is 18.3. The van der Waals surface area contributed by atoms with Crippen LogP contribution in [0, 0.1) is 0 Å². The summed E-state index contributed by atoms with van der Waals surface area (Å²) in [5.74, 6) is 5.35. The predicted octanol–water partition coefficient (Wildman–Crippen LogP) is 4.69. The minimum Gasteiger partial charge on any atom is -0.490 e. The molecule has 0 unspecified atom stereocenters. The van der Waals surface area contributed by atoms with Gasteiger partial charge in [-0.2, -0.15) is 0 Å². The molecule has 37 heavy (non-hydrogen) atoms. The van der Waals surface area contributed by atoms with Crippen molar-refractivity contribution in [3.63, 3.8) is 0 Å². The van der Waals surface area contributed by atoms with Gasteiger partial charge in [-0.15, -0.1) is 0 Å². The molecule has 3 aromatic carbocycles. The van der Waals surface area contributed by atoms with Crippen molar-refractivity contribution >= 4 is 7.32 Å². The molecule has 0 aliphatic carbocycles. The topological polar surface area (TPSA) is 83.1 Å². The fraction of sp³-hybridized carbons (Fsp3) is 0.333. The van der Waals surface area contributed by atoms with Crippen LogP contribution in [0.2, 0.25) is 0 Å². The highest BCUT2D eigenvalue weighted by molar-refractivity contribution is 6.39. The monoisotopic (exact) mass is 506 g/mol. The number of hydrogen-bond acceptors (Lipinski definition) is 9. The van der Waals surface area contributed by atoms with Crippen LogP contribution in [-0.2, 0) is 0 Å². The zero-order valence-corrected chi connectivity index (χ0v) is 20.3. The Morgan fingerprint density at radius 2 is 0.703 bits per heavy atom. The van der Waals surface area contributed by atoms with Gasteiger partial charge in [0, 0.05) is 37.5 Å². The summed E-state index contributed by atoms with van der Waals surface area (Å²) < 4.78 is 53.0. The van der Waals surface area contributed by atoms with E-state index in [4.69, 9.17) is 42.4 Å². The lowest BCUT2D eigenvalue weighted by molar-refractivity contribution is 0.294. The van der Waals surface area contributed by atoms with Gasteiger partial charge in [0.25, 0.3) is 0 Å². The molecule has 0 saturated carbocycles. The highest BCUT2D eigenvalue weighted by atomic mass is 16.7. The highest BCUT2D eigenvalue weighted by Gasteiger charge is 2.32. The lowest BCUT2D eigenvalue weighted by Gasteiger charge is -2.19. The Kier molecular flexibility index (Phi) is 6.87. The molecule has 10 heteroatoms. The van der Waals surface area contributed by atoms with Gasteiger partial charge in [0.1, 0.15) is 17.2 Å². The van der Waals surface area contributed by atoms with Gasteiger partial charge in [-0.25, -0.2) is 0 Å². The molecule has 0 aromatic heterocycles. The van der Waals surface area contributed by atoms with Gasteiger partial charge in [0.2, 0.25) is 0 Å². The van der Waals surface area contributed by atoms with E-state index in [-0.39, 0.29) is 0 Å². The van der Waals surface area contributed by atoms with Gasteiger partial charge < -0.3 is 42.4 Å². The van der Waals surface area contributed by atoms with Crippen molar-refractivity contribution in [3.8, 4) is 51.7 Å². The second-order valence-electron chi connectivity index (χ2n) is 8.62. The van der Waals surface area contributed by atoms with Crippen LogP contribution in [0.1, 0.15) is 19.3 Å². The van der Waals surface area contributed by atoms with Gasteiger partial charge in [-0.1, -0.05) is 0 Å². The van der Waals surface area contributed by atoms with Crippen molar-refractivity contribution in [1.29, 1.82) is 0 Å². The minimum atomic E-state index is -1.14. The molecule has 0 radical (unpaired) electrons. The lowest BCUT2D eigenvalue weighted by atomic mass is 10.1. The average Bonchev–Trinajstić information content (AvgIpc) is 3.39. The van der Waals surface area contributed by atoms with E-state index >= 15 is 0 Å². The number of rotatable bonds is 6. The molecule has 3 aromatic rings. The van der Waals surface area contributed by atoms with Gasteiger partial charge in [-0.05, 0) is 36.4 Å². The third-order valence-corrected chi connectivity index (χ3v) is 5.85. The van der Waals surface area contributed by atoms with Gasteiger partial charge in [-0.3, -0.25) is 0 Å². The molecule has 0 N–H and O–H groups in total. The van der Waals surface area contributed by atoms with Crippen molar-refractivity contribution in [2.75, 3.05) is 39.6 Å². The molecular formula is C27H27BO9. The lowest BCUT2D eigenvalue weighted by Crippen LogP contribution is -2.37. The summed E-state index contributed by atoms with van der Waals surface area (Å²) in [6, 6.07) is 16.1. The molecule has 0 bridgehead atoms. The molecular weight excluding hydrogens is 479 g/mol. The number of fused-ring (bicyclic) bond motifs is 3. The van der Waals surface area contributed by atoms with E-state index in [0.717, 1.165) is 19.3 Å². The van der Waals surface area contributed by atoms with Crippen molar-refractivity contribution < 1.29 is 42.4 Å². The van der Waals surface area contributed by atoms with Crippen LogP contribution in [0.4, 0.5) is 0 Å². The summed E-state index contributed by atoms with van der Waals surface area (Å²) in [6.07, 6.45) is 2.44. The molecule has 3 heterocycles. The van der Waals surface area contributed by atoms with Crippen LogP contribution in [0.3, 0.4) is 0 Å². The molecule has 3 aliphatic rings. The summed E-state index contributed by atoms with van der Waals surface area (Å²) in [6.45, 7) is 3.53. The Balaban J connectivity index is 1.26. The first-order valence-electron chi connectivity index (χ1n) is 12.5. The van der Waals surface area contributed by atoms with E-state index in [1.165, 1.54) is 0 Å². The molecule has 9 nitrogen and oxygen atoms in total. The van der Waals surface area contributed by atoms with Crippen LogP contribution >= 0.6 is 0 Å². The van der Waals surface area contributed by atoms with Gasteiger partial charge >= 0.3 is 7.32 Å². The summed E-state index contributed by atoms with van der Waals surface area (Å²) in [5.41, 5.74) is 0. The molecule has 0 fully saturated rings. The first kappa shape index (κ1) is 23.3. The second kappa shape index (κ2) is 10.9. The molecule has 192 valence electrons. The summed E-state index contributed by atoms with van der Waals surface area (Å²) in [5, 5.41) is 0. The molecule has 3 aliphatic heterocycles. The Labute approximate surface area is 215 Å². The maximum absolute atomic E-state index is 6.14. The van der Waals surface area contributed by atoms with E-state index in [9.17, 15) is 0 Å². The Morgan fingerprint density at radius 3 is 1.03 bits per heavy atom. The minimum absolute atomic E-state index is 0.498. The SMILES string of the molecule is c1cc2c(cc1OB(Oc1ccc3c(c1)OCCCO3)Oc1ccc3c(c1)OCCCO3)OCCCO2. The van der Waals surface area contributed by atoms with E-state index in [2.05, 4.69) is 0 Å². The van der Waals surface area contributed by atoms with Gasteiger partial charge in [0.15, 0.2) is 34.5 Å². The number of hydrogen-bond donors (Lipinski definition) is 0. The molecule has 0 amide bonds. The summed E-state index contributed by atoms with van der Waals surface area (Å²) in [7, 11) is -1.14. The van der Waals surface area contributed by atoms with Crippen molar-refractivity contribution in [3.05, 3.63) is 54.6 Å². The predicted molar refractivity (Wildman–Crippen MR) is 134 cm³/mol. The quantitative estimate of drug-likeness (QED) is 0.442. The first-order valence-corrected chi connectivity index (χ1v) is 12.5. The van der Waals surface area contributed by atoms with Crippen LogP contribution < -0.4 is 42.4 Å². The fourth-order valence-electron chi connectivity index (χ4n) is 4.06. The standard InChI is InChI=1S/C27H27BO9/c1-10-29-22-7-4-19(16-25(22)32-13-1)35-28(36-20-5-8-23-26(17-20)33-14-2-11-30-23)37-21-6-9-24-27(18-21)34-15-3-12-31-24/h4-9,16-18H,1-3,10-15H2. The second-order valence-corrected chi connectivity index (χ2v) is 8.62. The van der Waals surface area contributed by atoms with Crippen LogP contribution in [0.5, 0.6) is 51.7 Å². The Hall–Kier alpha value is -4.08. The zero-order chi connectivity index (χ0) is 24.9. The summed E-state index contributed by atoms with van der Waals surface area (Å²) >= 11 is 0.